The van der Waals surface area contributed by atoms with Gasteiger partial charge >= 0.3 is 0 Å². The van der Waals surface area contributed by atoms with Crippen LogP contribution in [0.15, 0.2) is 18.5 Å². The zero-order valence-corrected chi connectivity index (χ0v) is 12.4. The van der Waals surface area contributed by atoms with Crippen LogP contribution in [0.2, 0.25) is 0 Å². The molecule has 0 saturated heterocycles. The highest BCUT2D eigenvalue weighted by molar-refractivity contribution is 5.99. The van der Waals surface area contributed by atoms with Crippen molar-refractivity contribution in [2.24, 2.45) is 11.8 Å². The molecular formula is C16H24N2O2. The summed E-state index contributed by atoms with van der Waals surface area (Å²) < 4.78 is 0. The first-order valence-electron chi connectivity index (χ1n) is 7.50. The van der Waals surface area contributed by atoms with Crippen LogP contribution in [-0.2, 0) is 4.79 Å². The number of carbonyl (C=O) groups excluding carboxylic acids is 2. The van der Waals surface area contributed by atoms with E-state index in [0.29, 0.717) is 11.5 Å². The van der Waals surface area contributed by atoms with E-state index in [1.54, 1.807) is 30.4 Å². The van der Waals surface area contributed by atoms with Crippen LogP contribution in [0, 0.1) is 11.8 Å². The summed E-state index contributed by atoms with van der Waals surface area (Å²) in [5.74, 6) is 0.596. The lowest BCUT2D eigenvalue weighted by molar-refractivity contribution is -0.135. The van der Waals surface area contributed by atoms with Crippen LogP contribution < -0.4 is 0 Å². The topological polar surface area (TPSA) is 53.2 Å². The summed E-state index contributed by atoms with van der Waals surface area (Å²) in [4.78, 5) is 28.9. The normalized spacial score (nSPS) is 17.7. The number of nitrogens with zero attached hydrogens (tertiary/aromatic N) is 1. The molecule has 1 heterocycles. The van der Waals surface area contributed by atoms with Crippen molar-refractivity contribution in [3.8, 4) is 0 Å². The van der Waals surface area contributed by atoms with Gasteiger partial charge in [0.15, 0.2) is 5.78 Å². The number of nitrogens with one attached hydrogen (secondary N) is 1. The summed E-state index contributed by atoms with van der Waals surface area (Å²) in [7, 11) is 1.73. The van der Waals surface area contributed by atoms with E-state index in [1.165, 1.54) is 19.3 Å². The highest BCUT2D eigenvalue weighted by Crippen LogP contribution is 2.30. The van der Waals surface area contributed by atoms with Crippen LogP contribution in [0.25, 0.3) is 0 Å². The fourth-order valence-corrected chi connectivity index (χ4v) is 3.07. The van der Waals surface area contributed by atoms with Crippen molar-refractivity contribution in [3.63, 3.8) is 0 Å². The molecule has 1 amide bonds. The number of ketones is 1. The van der Waals surface area contributed by atoms with Crippen molar-refractivity contribution < 1.29 is 9.59 Å². The maximum Gasteiger partial charge on any atom is 0.225 e. The van der Waals surface area contributed by atoms with Gasteiger partial charge in [-0.2, -0.15) is 0 Å². The molecule has 1 aromatic heterocycles. The Morgan fingerprint density at radius 1 is 1.35 bits per heavy atom. The third-order valence-electron chi connectivity index (χ3n) is 4.42. The Hall–Kier alpha value is -1.58. The number of Topliss-reactive ketones (excluding diaryl/α,β-unsaturated/α-hetero) is 1. The van der Waals surface area contributed by atoms with Gasteiger partial charge < -0.3 is 9.88 Å². The van der Waals surface area contributed by atoms with Gasteiger partial charge in [-0.05, 0) is 24.8 Å². The van der Waals surface area contributed by atoms with Crippen LogP contribution in [0.5, 0.6) is 0 Å². The number of hydrogen-bond donors (Lipinski definition) is 1. The Kier molecular flexibility index (Phi) is 4.99. The van der Waals surface area contributed by atoms with Crippen LogP contribution in [0.4, 0.5) is 0 Å². The zero-order valence-electron chi connectivity index (χ0n) is 12.4. The van der Waals surface area contributed by atoms with Gasteiger partial charge in [0.05, 0.1) is 6.54 Å². The first kappa shape index (κ1) is 14.8. The summed E-state index contributed by atoms with van der Waals surface area (Å²) in [6.45, 7) is 2.17. The Morgan fingerprint density at radius 3 is 2.65 bits per heavy atom. The summed E-state index contributed by atoms with van der Waals surface area (Å²) in [5, 5.41) is 0. The van der Waals surface area contributed by atoms with Crippen LogP contribution in [0.1, 0.15) is 49.4 Å². The Balaban J connectivity index is 1.89. The van der Waals surface area contributed by atoms with E-state index in [1.807, 2.05) is 6.92 Å². The molecule has 1 atom stereocenters. The van der Waals surface area contributed by atoms with E-state index in [4.69, 9.17) is 0 Å². The lowest BCUT2D eigenvalue weighted by Gasteiger charge is -2.29. The van der Waals surface area contributed by atoms with Crippen molar-refractivity contribution in [2.75, 3.05) is 13.6 Å². The van der Waals surface area contributed by atoms with E-state index in [2.05, 4.69) is 4.98 Å². The van der Waals surface area contributed by atoms with Crippen molar-refractivity contribution in [2.45, 2.75) is 39.0 Å². The number of rotatable bonds is 5. The molecule has 1 saturated carbocycles. The number of H-pyrrole nitrogens is 1. The average molecular weight is 276 g/mol. The minimum absolute atomic E-state index is 0.0158. The predicted octanol–water partition coefficient (Wildman–Crippen LogP) is 2.87. The van der Waals surface area contributed by atoms with Gasteiger partial charge in [-0.1, -0.05) is 26.2 Å². The second-order valence-corrected chi connectivity index (χ2v) is 5.90. The Labute approximate surface area is 120 Å². The zero-order chi connectivity index (χ0) is 14.5. The first-order valence-corrected chi connectivity index (χ1v) is 7.50. The van der Waals surface area contributed by atoms with E-state index in [0.717, 1.165) is 12.8 Å². The molecule has 0 aromatic carbocycles. The molecule has 1 fully saturated rings. The molecular weight excluding hydrogens is 252 g/mol. The van der Waals surface area contributed by atoms with E-state index in [9.17, 15) is 9.59 Å². The van der Waals surface area contributed by atoms with Gasteiger partial charge in [-0.3, -0.25) is 9.59 Å². The van der Waals surface area contributed by atoms with Crippen LogP contribution in [0.3, 0.4) is 0 Å². The first-order chi connectivity index (χ1) is 9.59. The number of aromatic amines is 1. The van der Waals surface area contributed by atoms with E-state index in [-0.39, 0.29) is 24.2 Å². The largest absolute Gasteiger partial charge is 0.367 e. The van der Waals surface area contributed by atoms with E-state index >= 15 is 0 Å². The second kappa shape index (κ2) is 6.73. The highest BCUT2D eigenvalue weighted by Gasteiger charge is 2.28. The Bertz CT molecular complexity index is 447. The number of carbonyl (C=O) groups is 2. The molecule has 110 valence electrons. The van der Waals surface area contributed by atoms with Gasteiger partial charge in [-0.25, -0.2) is 0 Å². The molecule has 0 spiro atoms. The third kappa shape index (κ3) is 3.50. The van der Waals surface area contributed by atoms with Gasteiger partial charge in [0.25, 0.3) is 0 Å². The van der Waals surface area contributed by atoms with Crippen LogP contribution >= 0.6 is 0 Å². The molecule has 1 aliphatic carbocycles. The molecule has 0 aliphatic heterocycles. The summed E-state index contributed by atoms with van der Waals surface area (Å²) in [6, 6.07) is 1.74. The molecule has 2 rings (SSSR count). The maximum absolute atomic E-state index is 12.4. The summed E-state index contributed by atoms with van der Waals surface area (Å²) in [5.41, 5.74) is 0.634. The SMILES string of the molecule is C[C@H](C(=O)N(C)CC(=O)c1cc[nH]c1)C1CCCCC1. The molecule has 4 heteroatoms. The standard InChI is InChI=1S/C16H24N2O2/c1-12(13-6-4-3-5-7-13)16(20)18(2)11-15(19)14-8-9-17-10-14/h8-10,12-13,17H,3-7,11H2,1-2H3/t12-/m0/s1. The highest BCUT2D eigenvalue weighted by atomic mass is 16.2. The fourth-order valence-electron chi connectivity index (χ4n) is 3.07. The third-order valence-corrected chi connectivity index (χ3v) is 4.42. The van der Waals surface area contributed by atoms with Gasteiger partial charge in [0, 0.05) is 30.9 Å². The number of hydrogen-bond acceptors (Lipinski definition) is 2. The van der Waals surface area contributed by atoms with E-state index < -0.39 is 0 Å². The predicted molar refractivity (Wildman–Crippen MR) is 78.5 cm³/mol. The number of likely N-dealkylation sites (N-methyl/N-ethyl adjacent to an activating group) is 1. The maximum atomic E-state index is 12.4. The lowest BCUT2D eigenvalue weighted by Crippen LogP contribution is -2.38. The second-order valence-electron chi connectivity index (χ2n) is 5.90. The van der Waals surface area contributed by atoms with Gasteiger partial charge in [0.2, 0.25) is 5.91 Å². The van der Waals surface area contributed by atoms with Crippen molar-refractivity contribution in [1.82, 2.24) is 9.88 Å². The molecule has 1 N–H and O–H groups in total. The lowest BCUT2D eigenvalue weighted by atomic mass is 9.80. The molecule has 0 bridgehead atoms. The van der Waals surface area contributed by atoms with Gasteiger partial charge in [0.1, 0.15) is 0 Å². The molecule has 0 unspecified atom stereocenters. The molecule has 1 aromatic rings. The Morgan fingerprint density at radius 2 is 2.05 bits per heavy atom. The molecule has 1 aliphatic rings. The number of aromatic nitrogens is 1. The van der Waals surface area contributed by atoms with Gasteiger partial charge in [-0.15, -0.1) is 0 Å². The minimum atomic E-state index is -0.0158. The van der Waals surface area contributed by atoms with Crippen molar-refractivity contribution in [3.05, 3.63) is 24.0 Å². The van der Waals surface area contributed by atoms with Crippen molar-refractivity contribution in [1.29, 1.82) is 0 Å². The fraction of sp³-hybridized carbons (Fsp3) is 0.625. The molecule has 0 radical (unpaired) electrons. The molecule has 20 heavy (non-hydrogen) atoms. The molecule has 4 nitrogen and oxygen atoms in total. The smallest absolute Gasteiger partial charge is 0.225 e. The minimum Gasteiger partial charge on any atom is -0.367 e. The quantitative estimate of drug-likeness (QED) is 0.841. The average Bonchev–Trinajstić information content (AvgIpc) is 3.01. The summed E-state index contributed by atoms with van der Waals surface area (Å²) in [6.07, 6.45) is 9.44. The monoisotopic (exact) mass is 276 g/mol. The van der Waals surface area contributed by atoms with Crippen LogP contribution in [-0.4, -0.2) is 35.2 Å². The number of amides is 1. The van der Waals surface area contributed by atoms with Crippen molar-refractivity contribution >= 4 is 11.7 Å². The summed E-state index contributed by atoms with van der Waals surface area (Å²) >= 11 is 0.